The number of nitrogens with zero attached hydrogens (tertiary/aromatic N) is 2. The van der Waals surface area contributed by atoms with Crippen molar-refractivity contribution in [2.45, 2.75) is 25.3 Å². The molecule has 1 amide bonds. The van der Waals surface area contributed by atoms with Crippen molar-refractivity contribution in [2.24, 2.45) is 5.10 Å². The fraction of sp³-hybridized carbons (Fsp3) is 0.316. The number of carbonyl (C=O) groups is 2. The fourth-order valence-corrected chi connectivity index (χ4v) is 3.70. The predicted molar refractivity (Wildman–Crippen MR) is 98.8 cm³/mol. The van der Waals surface area contributed by atoms with Gasteiger partial charge in [-0.05, 0) is 35.6 Å². The maximum atomic E-state index is 12.6. The molecule has 1 aromatic carbocycles. The van der Waals surface area contributed by atoms with Crippen LogP contribution in [0.25, 0.3) is 0 Å². The molecule has 1 atom stereocenters. The Hall–Kier alpha value is -2.87. The largest absolute Gasteiger partial charge is 0.550 e. The highest BCUT2D eigenvalue weighted by atomic mass is 32.1. The zero-order chi connectivity index (χ0) is 19.4. The zero-order valence-corrected chi connectivity index (χ0v) is 15.8. The molecule has 3 rings (SSSR count). The van der Waals surface area contributed by atoms with E-state index in [2.05, 4.69) is 5.10 Å². The molecule has 0 N–H and O–H groups in total. The average Bonchev–Trinajstić information content (AvgIpc) is 3.35. The van der Waals surface area contributed by atoms with Crippen LogP contribution >= 0.6 is 11.3 Å². The molecule has 1 aliphatic rings. The average molecular weight is 387 g/mol. The Morgan fingerprint density at radius 3 is 2.63 bits per heavy atom. The second-order valence-electron chi connectivity index (χ2n) is 5.97. The van der Waals surface area contributed by atoms with Crippen LogP contribution in [-0.2, 0) is 9.59 Å². The lowest BCUT2D eigenvalue weighted by Gasteiger charge is -2.23. The van der Waals surface area contributed by atoms with Crippen LogP contribution in [0.1, 0.15) is 35.7 Å². The highest BCUT2D eigenvalue weighted by Crippen LogP contribution is 2.38. The molecular formula is C19H19N2O5S-. The van der Waals surface area contributed by atoms with Crippen LogP contribution in [0.2, 0.25) is 0 Å². The van der Waals surface area contributed by atoms with E-state index < -0.39 is 5.97 Å². The Balaban J connectivity index is 1.92. The number of rotatable bonds is 7. The number of thiophene rings is 1. The number of carboxylic acids is 1. The van der Waals surface area contributed by atoms with Gasteiger partial charge in [0.05, 0.1) is 30.9 Å². The summed E-state index contributed by atoms with van der Waals surface area (Å²) >= 11 is 1.55. The quantitative estimate of drug-likeness (QED) is 0.724. The van der Waals surface area contributed by atoms with Crippen molar-refractivity contribution in [3.05, 3.63) is 46.2 Å². The van der Waals surface area contributed by atoms with Crippen molar-refractivity contribution >= 4 is 28.9 Å². The van der Waals surface area contributed by atoms with Gasteiger partial charge in [0.1, 0.15) is 0 Å². The minimum Gasteiger partial charge on any atom is -0.550 e. The summed E-state index contributed by atoms with van der Waals surface area (Å²) in [5.41, 5.74) is 1.64. The first kappa shape index (κ1) is 18.9. The molecule has 0 spiro atoms. The minimum atomic E-state index is -1.26. The van der Waals surface area contributed by atoms with Gasteiger partial charge in [-0.1, -0.05) is 12.1 Å². The van der Waals surface area contributed by atoms with Gasteiger partial charge >= 0.3 is 0 Å². The number of hydrogen-bond acceptors (Lipinski definition) is 7. The summed E-state index contributed by atoms with van der Waals surface area (Å²) < 4.78 is 10.6. The molecule has 0 unspecified atom stereocenters. The van der Waals surface area contributed by atoms with E-state index in [4.69, 9.17) is 9.47 Å². The normalized spacial score (nSPS) is 16.1. The lowest BCUT2D eigenvalue weighted by atomic mass is 10.0. The first-order chi connectivity index (χ1) is 13.0. The molecule has 1 aromatic heterocycles. The fourth-order valence-electron chi connectivity index (χ4n) is 2.98. The minimum absolute atomic E-state index is 0.159. The van der Waals surface area contributed by atoms with Crippen molar-refractivity contribution in [3.8, 4) is 11.5 Å². The van der Waals surface area contributed by atoms with E-state index in [0.717, 1.165) is 16.2 Å². The van der Waals surface area contributed by atoms with E-state index in [1.165, 1.54) is 5.01 Å². The van der Waals surface area contributed by atoms with Gasteiger partial charge in [-0.15, -0.1) is 11.3 Å². The van der Waals surface area contributed by atoms with Gasteiger partial charge in [0.15, 0.2) is 11.5 Å². The van der Waals surface area contributed by atoms with Gasteiger partial charge in [0.2, 0.25) is 5.91 Å². The molecule has 27 heavy (non-hydrogen) atoms. The second-order valence-corrected chi connectivity index (χ2v) is 6.92. The summed E-state index contributed by atoms with van der Waals surface area (Å²) in [6.07, 6.45) is 0.0399. The van der Waals surface area contributed by atoms with Gasteiger partial charge in [-0.3, -0.25) is 4.79 Å². The van der Waals surface area contributed by atoms with Crippen LogP contribution in [0.3, 0.4) is 0 Å². The van der Waals surface area contributed by atoms with Crippen LogP contribution in [0.15, 0.2) is 40.8 Å². The Labute approximate surface area is 160 Å². The molecule has 0 radical (unpaired) electrons. The van der Waals surface area contributed by atoms with Crippen molar-refractivity contribution in [3.63, 3.8) is 0 Å². The van der Waals surface area contributed by atoms with Crippen molar-refractivity contribution in [1.82, 2.24) is 5.01 Å². The Morgan fingerprint density at radius 2 is 2.00 bits per heavy atom. The molecular weight excluding hydrogens is 368 g/mol. The summed E-state index contributed by atoms with van der Waals surface area (Å²) in [6.45, 7) is 0. The summed E-state index contributed by atoms with van der Waals surface area (Å²) in [6, 6.07) is 8.99. The highest BCUT2D eigenvalue weighted by molar-refractivity contribution is 7.12. The molecule has 0 bridgehead atoms. The van der Waals surface area contributed by atoms with Gasteiger partial charge in [-0.2, -0.15) is 5.10 Å². The standard InChI is InChI=1S/C19H20N2O5S/c1-25-15-6-5-12(10-16(15)26-2)14-11-13(17-4-3-9-27-17)20-21(14)18(22)7-8-19(23)24/h3-6,9-10,14H,7-8,11H2,1-2H3,(H,23,24)/p-1/t14-/m1/s1. The first-order valence-corrected chi connectivity index (χ1v) is 9.26. The second kappa shape index (κ2) is 8.22. The molecule has 0 aliphatic carbocycles. The number of methoxy groups -OCH3 is 2. The third-order valence-electron chi connectivity index (χ3n) is 4.31. The maximum absolute atomic E-state index is 12.6. The van der Waals surface area contributed by atoms with Gasteiger partial charge in [-0.25, -0.2) is 5.01 Å². The number of hydrazone groups is 1. The highest BCUT2D eigenvalue weighted by Gasteiger charge is 2.33. The summed E-state index contributed by atoms with van der Waals surface area (Å²) in [5.74, 6) is -0.464. The Morgan fingerprint density at radius 1 is 1.22 bits per heavy atom. The lowest BCUT2D eigenvalue weighted by Crippen LogP contribution is -2.29. The Bertz CT molecular complexity index is 863. The van der Waals surface area contributed by atoms with E-state index >= 15 is 0 Å². The zero-order valence-electron chi connectivity index (χ0n) is 15.0. The molecule has 7 nitrogen and oxygen atoms in total. The molecule has 0 saturated heterocycles. The number of ether oxygens (including phenoxy) is 2. The summed E-state index contributed by atoms with van der Waals surface area (Å²) in [7, 11) is 3.10. The molecule has 0 saturated carbocycles. The number of aliphatic carboxylic acids is 1. The van der Waals surface area contributed by atoms with Gasteiger partial charge in [0.25, 0.3) is 0 Å². The van der Waals surface area contributed by atoms with E-state index in [9.17, 15) is 14.7 Å². The molecule has 142 valence electrons. The van der Waals surface area contributed by atoms with Crippen LogP contribution in [0, 0.1) is 0 Å². The van der Waals surface area contributed by atoms with Crippen LogP contribution in [0.4, 0.5) is 0 Å². The lowest BCUT2D eigenvalue weighted by molar-refractivity contribution is -0.305. The number of benzene rings is 1. The Kier molecular flexibility index (Phi) is 5.75. The first-order valence-electron chi connectivity index (χ1n) is 8.38. The van der Waals surface area contributed by atoms with Crippen molar-refractivity contribution in [2.75, 3.05) is 14.2 Å². The van der Waals surface area contributed by atoms with E-state index in [-0.39, 0.29) is 24.8 Å². The topological polar surface area (TPSA) is 91.3 Å². The van der Waals surface area contributed by atoms with Gasteiger partial charge in [0, 0.05) is 18.8 Å². The van der Waals surface area contributed by atoms with Crippen molar-refractivity contribution in [1.29, 1.82) is 0 Å². The molecule has 8 heteroatoms. The number of carbonyl (C=O) groups excluding carboxylic acids is 2. The number of hydrogen-bond donors (Lipinski definition) is 0. The number of carboxylic acid groups (broad SMARTS) is 1. The van der Waals surface area contributed by atoms with Crippen LogP contribution in [0.5, 0.6) is 11.5 Å². The summed E-state index contributed by atoms with van der Waals surface area (Å²) in [5, 5.41) is 18.5. The monoisotopic (exact) mass is 387 g/mol. The molecule has 0 fully saturated rings. The SMILES string of the molecule is COc1ccc([C@H]2CC(c3cccs3)=NN2C(=O)CCC(=O)[O-])cc1OC. The van der Waals surface area contributed by atoms with E-state index in [0.29, 0.717) is 17.9 Å². The third-order valence-corrected chi connectivity index (χ3v) is 5.23. The van der Waals surface area contributed by atoms with Crippen LogP contribution < -0.4 is 14.6 Å². The van der Waals surface area contributed by atoms with Crippen LogP contribution in [-0.4, -0.2) is 36.8 Å². The van der Waals surface area contributed by atoms with Gasteiger partial charge < -0.3 is 19.4 Å². The number of amides is 1. The smallest absolute Gasteiger partial charge is 0.243 e. The molecule has 1 aliphatic heterocycles. The molecule has 2 aromatic rings. The molecule has 2 heterocycles. The summed E-state index contributed by atoms with van der Waals surface area (Å²) in [4.78, 5) is 24.3. The third kappa shape index (κ3) is 4.11. The maximum Gasteiger partial charge on any atom is 0.243 e. The predicted octanol–water partition coefficient (Wildman–Crippen LogP) is 1.97. The van der Waals surface area contributed by atoms with E-state index in [1.54, 1.807) is 31.6 Å². The van der Waals surface area contributed by atoms with E-state index in [1.807, 2.05) is 29.6 Å². The van der Waals surface area contributed by atoms with Crippen molar-refractivity contribution < 1.29 is 24.2 Å².